The van der Waals surface area contributed by atoms with E-state index in [0.29, 0.717) is 19.7 Å². The Labute approximate surface area is 125 Å². The summed E-state index contributed by atoms with van der Waals surface area (Å²) in [5, 5.41) is 13.6. The number of anilines is 1. The van der Waals surface area contributed by atoms with E-state index in [0.717, 1.165) is 6.33 Å². The second-order valence-electron chi connectivity index (χ2n) is 4.27. The van der Waals surface area contributed by atoms with E-state index < -0.39 is 16.7 Å². The van der Waals surface area contributed by atoms with Crippen molar-refractivity contribution in [1.82, 2.24) is 15.3 Å². The third-order valence-corrected chi connectivity index (χ3v) is 3.27. The highest BCUT2D eigenvalue weighted by molar-refractivity contribution is 6.31. The molecule has 1 aliphatic heterocycles. The van der Waals surface area contributed by atoms with Crippen LogP contribution in [0.3, 0.4) is 0 Å². The van der Waals surface area contributed by atoms with E-state index in [1.807, 2.05) is 0 Å². The molecule has 1 unspecified atom stereocenters. The predicted octanol–water partition coefficient (Wildman–Crippen LogP) is 0.379. The first-order valence-corrected chi connectivity index (χ1v) is 6.71. The van der Waals surface area contributed by atoms with Gasteiger partial charge in [-0.05, 0) is 6.92 Å². The number of amides is 1. The Balaban J connectivity index is 2.40. The smallest absolute Gasteiger partial charge is 0.348 e. The SMILES string of the molecule is CCNC(=O)C1COCCN1c1ncnc(Cl)c1[N+](=O)[O-]. The number of rotatable bonds is 4. The number of nitrogens with zero attached hydrogens (tertiary/aromatic N) is 4. The van der Waals surface area contributed by atoms with Crippen LogP contribution in [0.1, 0.15) is 6.92 Å². The van der Waals surface area contributed by atoms with Gasteiger partial charge in [0.05, 0.1) is 18.1 Å². The maximum absolute atomic E-state index is 12.1. The van der Waals surface area contributed by atoms with E-state index in [9.17, 15) is 14.9 Å². The van der Waals surface area contributed by atoms with Crippen LogP contribution in [0.25, 0.3) is 0 Å². The number of hydrogen-bond acceptors (Lipinski definition) is 7. The number of carbonyl (C=O) groups excluding carboxylic acids is 1. The molecule has 1 aromatic rings. The molecule has 1 amide bonds. The molecule has 0 aliphatic carbocycles. The van der Waals surface area contributed by atoms with Gasteiger partial charge in [0.1, 0.15) is 12.4 Å². The summed E-state index contributed by atoms with van der Waals surface area (Å²) in [6.07, 6.45) is 1.13. The topological polar surface area (TPSA) is 110 Å². The summed E-state index contributed by atoms with van der Waals surface area (Å²) in [6, 6.07) is -0.691. The fourth-order valence-electron chi connectivity index (χ4n) is 2.08. The highest BCUT2D eigenvalue weighted by Gasteiger charge is 2.35. The Bertz CT molecular complexity index is 555. The maximum atomic E-state index is 12.1. The molecule has 0 aromatic carbocycles. The van der Waals surface area contributed by atoms with Crippen LogP contribution in [-0.2, 0) is 9.53 Å². The molecule has 1 aliphatic rings. The number of carbonyl (C=O) groups is 1. The standard InChI is InChI=1S/C11H14ClN5O4/c1-2-13-11(18)7-5-21-4-3-16(7)10-8(17(19)20)9(12)14-6-15-10/h6-7H,2-5H2,1H3,(H,13,18). The number of nitro groups is 1. The largest absolute Gasteiger partial charge is 0.377 e. The Morgan fingerprint density at radius 3 is 3.10 bits per heavy atom. The van der Waals surface area contributed by atoms with E-state index in [1.165, 1.54) is 4.90 Å². The molecule has 1 N–H and O–H groups in total. The summed E-state index contributed by atoms with van der Waals surface area (Å²) in [6.45, 7) is 3.01. The third-order valence-electron chi connectivity index (χ3n) is 3.00. The second-order valence-corrected chi connectivity index (χ2v) is 4.63. The zero-order valence-electron chi connectivity index (χ0n) is 11.3. The minimum absolute atomic E-state index is 0.0274. The molecular weight excluding hydrogens is 302 g/mol. The van der Waals surface area contributed by atoms with Gasteiger partial charge in [-0.2, -0.15) is 0 Å². The van der Waals surface area contributed by atoms with Crippen molar-refractivity contribution in [2.75, 3.05) is 31.2 Å². The number of nitrogens with one attached hydrogen (secondary N) is 1. The Hall–Kier alpha value is -2.00. The van der Waals surface area contributed by atoms with Gasteiger partial charge < -0.3 is 15.0 Å². The Morgan fingerprint density at radius 2 is 2.43 bits per heavy atom. The van der Waals surface area contributed by atoms with Gasteiger partial charge in [-0.25, -0.2) is 9.97 Å². The fourth-order valence-corrected chi connectivity index (χ4v) is 2.28. The van der Waals surface area contributed by atoms with Crippen molar-refractivity contribution < 1.29 is 14.5 Å². The van der Waals surface area contributed by atoms with Crippen molar-refractivity contribution >= 4 is 29.0 Å². The van der Waals surface area contributed by atoms with Crippen molar-refractivity contribution in [3.63, 3.8) is 0 Å². The molecule has 9 nitrogen and oxygen atoms in total. The van der Waals surface area contributed by atoms with Crippen LogP contribution >= 0.6 is 11.6 Å². The number of hydrogen-bond donors (Lipinski definition) is 1. The van der Waals surface area contributed by atoms with Gasteiger partial charge in [0.2, 0.25) is 16.9 Å². The Morgan fingerprint density at radius 1 is 1.67 bits per heavy atom. The highest BCUT2D eigenvalue weighted by atomic mass is 35.5. The van der Waals surface area contributed by atoms with Gasteiger partial charge in [0.25, 0.3) is 0 Å². The average Bonchev–Trinajstić information content (AvgIpc) is 2.47. The van der Waals surface area contributed by atoms with Gasteiger partial charge in [0, 0.05) is 13.1 Å². The van der Waals surface area contributed by atoms with Gasteiger partial charge >= 0.3 is 5.69 Å². The quantitative estimate of drug-likeness (QED) is 0.485. The zero-order chi connectivity index (χ0) is 15.4. The lowest BCUT2D eigenvalue weighted by molar-refractivity contribution is -0.384. The van der Waals surface area contributed by atoms with E-state index in [1.54, 1.807) is 6.92 Å². The molecule has 114 valence electrons. The van der Waals surface area contributed by atoms with E-state index in [4.69, 9.17) is 16.3 Å². The van der Waals surface area contributed by atoms with Crippen molar-refractivity contribution in [1.29, 1.82) is 0 Å². The summed E-state index contributed by atoms with van der Waals surface area (Å²) >= 11 is 5.78. The summed E-state index contributed by atoms with van der Waals surface area (Å²) in [4.78, 5) is 31.7. The molecule has 0 bridgehead atoms. The summed E-state index contributed by atoms with van der Waals surface area (Å²) in [5.41, 5.74) is -0.407. The normalized spacial score (nSPS) is 18.4. The molecule has 1 atom stereocenters. The zero-order valence-corrected chi connectivity index (χ0v) is 12.0. The van der Waals surface area contributed by atoms with Crippen LogP contribution in [0.15, 0.2) is 6.33 Å². The third kappa shape index (κ3) is 3.19. The van der Waals surface area contributed by atoms with Crippen LogP contribution in [-0.4, -0.2) is 53.1 Å². The van der Waals surface area contributed by atoms with Crippen LogP contribution in [0.5, 0.6) is 0 Å². The molecule has 1 fully saturated rings. The number of aromatic nitrogens is 2. The lowest BCUT2D eigenvalue weighted by atomic mass is 10.2. The first-order valence-electron chi connectivity index (χ1n) is 6.33. The van der Waals surface area contributed by atoms with Crippen molar-refractivity contribution in [3.05, 3.63) is 21.6 Å². The van der Waals surface area contributed by atoms with E-state index >= 15 is 0 Å². The molecule has 2 rings (SSSR count). The fraction of sp³-hybridized carbons (Fsp3) is 0.545. The summed E-state index contributed by atoms with van der Waals surface area (Å²) in [5.74, 6) is -0.249. The van der Waals surface area contributed by atoms with Gasteiger partial charge in [-0.15, -0.1) is 0 Å². The van der Waals surface area contributed by atoms with Crippen LogP contribution in [0, 0.1) is 10.1 Å². The Kier molecular flexibility index (Phi) is 4.86. The predicted molar refractivity (Wildman–Crippen MR) is 74.3 cm³/mol. The molecule has 0 saturated carbocycles. The second kappa shape index (κ2) is 6.64. The molecule has 2 heterocycles. The van der Waals surface area contributed by atoms with Gasteiger partial charge in [0.15, 0.2) is 0 Å². The number of likely N-dealkylation sites (N-methyl/N-ethyl adjacent to an activating group) is 1. The van der Waals surface area contributed by atoms with Crippen LogP contribution in [0.2, 0.25) is 5.15 Å². The first-order chi connectivity index (χ1) is 10.1. The lowest BCUT2D eigenvalue weighted by Crippen LogP contribution is -2.54. The summed E-state index contributed by atoms with van der Waals surface area (Å²) < 4.78 is 5.28. The number of halogens is 1. The number of morpholine rings is 1. The molecular formula is C11H14ClN5O4. The van der Waals surface area contributed by atoms with Crippen molar-refractivity contribution in [2.45, 2.75) is 13.0 Å². The lowest BCUT2D eigenvalue weighted by Gasteiger charge is -2.34. The molecule has 1 saturated heterocycles. The van der Waals surface area contributed by atoms with Crippen molar-refractivity contribution in [3.8, 4) is 0 Å². The monoisotopic (exact) mass is 315 g/mol. The van der Waals surface area contributed by atoms with E-state index in [2.05, 4.69) is 15.3 Å². The van der Waals surface area contributed by atoms with Gasteiger partial charge in [-0.3, -0.25) is 14.9 Å². The van der Waals surface area contributed by atoms with Crippen LogP contribution in [0.4, 0.5) is 11.5 Å². The molecule has 1 aromatic heterocycles. The minimum atomic E-state index is -0.691. The van der Waals surface area contributed by atoms with E-state index in [-0.39, 0.29) is 23.5 Å². The molecule has 10 heteroatoms. The van der Waals surface area contributed by atoms with Crippen LogP contribution < -0.4 is 10.2 Å². The van der Waals surface area contributed by atoms with Gasteiger partial charge in [-0.1, -0.05) is 11.6 Å². The molecule has 0 radical (unpaired) electrons. The molecule has 21 heavy (non-hydrogen) atoms. The molecule has 0 spiro atoms. The minimum Gasteiger partial charge on any atom is -0.377 e. The number of ether oxygens (including phenoxy) is 1. The van der Waals surface area contributed by atoms with Crippen molar-refractivity contribution in [2.24, 2.45) is 0 Å². The average molecular weight is 316 g/mol. The summed E-state index contributed by atoms with van der Waals surface area (Å²) in [7, 11) is 0. The highest BCUT2D eigenvalue weighted by Crippen LogP contribution is 2.33. The first kappa shape index (κ1) is 15.4. The maximum Gasteiger partial charge on any atom is 0.348 e.